The second-order valence-corrected chi connectivity index (χ2v) is 19.9. The maximum atomic E-state index is 14.1. The molecule has 0 N–H and O–H groups in total. The lowest BCUT2D eigenvalue weighted by molar-refractivity contribution is 0.0975. The van der Waals surface area contributed by atoms with Crippen LogP contribution in [0.3, 0.4) is 0 Å². The number of para-hydroxylation sites is 2. The van der Waals surface area contributed by atoms with Gasteiger partial charge < -0.3 is 24.0 Å². The Kier molecular flexibility index (Phi) is 10.8. The standard InChI is InChI=1S/C49H50N4O5S2/c1-30-17-40-41(50-26-38-22-35-12-8-10-14-43(35)53(38)48(40)55)25-44(30)57-27-31-18-32(20-37(19-31)51(4)29-49(2,3)60-59-6)28-58-46-23-33-15-16-36-21-34-11-7-9-13-42(34)52(36)47(54)39(33)24-45(46)56-5/h7-14,17-20,23-26,36,38H,15-16,21-22,27-29H2,1-6H3/t36-,38+/m1/s1. The molecule has 9 nitrogen and oxygen atoms in total. The summed E-state index contributed by atoms with van der Waals surface area (Å²) < 4.78 is 19.0. The molecule has 11 heteroatoms. The highest BCUT2D eigenvalue weighted by Crippen LogP contribution is 2.42. The minimum absolute atomic E-state index is 0.00910. The van der Waals surface area contributed by atoms with Crippen molar-refractivity contribution in [3.8, 4) is 17.2 Å². The monoisotopic (exact) mass is 838 g/mol. The molecular formula is C49H50N4O5S2. The van der Waals surface area contributed by atoms with Crippen LogP contribution in [0.2, 0.25) is 0 Å². The second kappa shape index (κ2) is 16.2. The molecule has 4 aliphatic rings. The van der Waals surface area contributed by atoms with Crippen molar-refractivity contribution in [2.45, 2.75) is 76.5 Å². The van der Waals surface area contributed by atoms with Crippen LogP contribution in [0.1, 0.15) is 74.4 Å². The molecule has 0 saturated carbocycles. The summed E-state index contributed by atoms with van der Waals surface area (Å²) in [6.45, 7) is 7.93. The predicted octanol–water partition coefficient (Wildman–Crippen LogP) is 10.2. The molecule has 4 heterocycles. The molecule has 2 amide bonds. The number of fused-ring (bicyclic) bond motifs is 8. The molecule has 0 aliphatic carbocycles. The van der Waals surface area contributed by atoms with Gasteiger partial charge in [0, 0.05) is 65.7 Å². The zero-order valence-electron chi connectivity index (χ0n) is 35.0. The summed E-state index contributed by atoms with van der Waals surface area (Å²) in [6.07, 6.45) is 7.28. The lowest BCUT2D eigenvalue weighted by Crippen LogP contribution is -2.37. The molecule has 60 heavy (non-hydrogen) atoms. The highest BCUT2D eigenvalue weighted by atomic mass is 33.1. The third-order valence-electron chi connectivity index (χ3n) is 12.0. The van der Waals surface area contributed by atoms with Crippen LogP contribution in [0.15, 0.2) is 96.0 Å². The van der Waals surface area contributed by atoms with Crippen LogP contribution in [0.5, 0.6) is 17.2 Å². The number of rotatable bonds is 12. The molecule has 0 saturated heterocycles. The first-order valence-electron chi connectivity index (χ1n) is 20.5. The number of anilines is 3. The van der Waals surface area contributed by atoms with E-state index < -0.39 is 0 Å². The first kappa shape index (κ1) is 40.0. The maximum Gasteiger partial charge on any atom is 0.261 e. The normalized spacial score (nSPS) is 17.5. The summed E-state index contributed by atoms with van der Waals surface area (Å²) in [4.78, 5) is 39.0. The average Bonchev–Trinajstić information content (AvgIpc) is 3.73. The molecule has 0 radical (unpaired) electrons. The van der Waals surface area contributed by atoms with Crippen LogP contribution in [-0.2, 0) is 32.5 Å². The van der Waals surface area contributed by atoms with Gasteiger partial charge in [0.05, 0.1) is 24.4 Å². The van der Waals surface area contributed by atoms with Gasteiger partial charge in [-0.05, 0) is 128 Å². The number of carbonyl (C=O) groups is 2. The van der Waals surface area contributed by atoms with Crippen LogP contribution in [-0.4, -0.2) is 61.8 Å². The van der Waals surface area contributed by atoms with Crippen LogP contribution >= 0.6 is 21.6 Å². The van der Waals surface area contributed by atoms with Crippen molar-refractivity contribution >= 4 is 62.4 Å². The lowest BCUT2D eigenvalue weighted by atomic mass is 9.99. The van der Waals surface area contributed by atoms with Gasteiger partial charge in [-0.1, -0.05) is 58.0 Å². The molecule has 2 atom stereocenters. The van der Waals surface area contributed by atoms with E-state index in [0.717, 1.165) is 77.1 Å². The largest absolute Gasteiger partial charge is 0.493 e. The summed E-state index contributed by atoms with van der Waals surface area (Å²) in [7, 11) is 7.38. The number of aliphatic imine (C=N–C) groups is 1. The van der Waals surface area contributed by atoms with Crippen molar-refractivity contribution in [1.29, 1.82) is 0 Å². The van der Waals surface area contributed by atoms with Gasteiger partial charge in [-0.15, -0.1) is 0 Å². The summed E-state index contributed by atoms with van der Waals surface area (Å²) in [5.41, 5.74) is 11.1. The number of benzene rings is 5. The van der Waals surface area contributed by atoms with Gasteiger partial charge in [0.15, 0.2) is 11.5 Å². The number of hydrogen-bond acceptors (Lipinski definition) is 9. The van der Waals surface area contributed by atoms with Gasteiger partial charge in [0.1, 0.15) is 19.0 Å². The number of hydrogen-bond donors (Lipinski definition) is 0. The zero-order chi connectivity index (χ0) is 41.7. The van der Waals surface area contributed by atoms with Crippen LogP contribution in [0, 0.1) is 6.92 Å². The predicted molar refractivity (Wildman–Crippen MR) is 246 cm³/mol. The quantitative estimate of drug-likeness (QED) is 0.115. The van der Waals surface area contributed by atoms with Gasteiger partial charge in [-0.25, -0.2) is 0 Å². The van der Waals surface area contributed by atoms with E-state index in [1.54, 1.807) is 17.9 Å². The van der Waals surface area contributed by atoms with Crippen molar-refractivity contribution in [1.82, 2.24) is 0 Å². The lowest BCUT2D eigenvalue weighted by Gasteiger charge is -2.31. The Morgan fingerprint density at radius 1 is 0.783 bits per heavy atom. The van der Waals surface area contributed by atoms with Crippen molar-refractivity contribution in [2.75, 3.05) is 41.7 Å². The highest BCUT2D eigenvalue weighted by Gasteiger charge is 2.38. The van der Waals surface area contributed by atoms with Gasteiger partial charge in [-0.3, -0.25) is 19.5 Å². The summed E-state index contributed by atoms with van der Waals surface area (Å²) >= 11 is 0. The molecule has 5 aromatic carbocycles. The molecule has 5 aromatic rings. The molecule has 0 spiro atoms. The Balaban J connectivity index is 0.972. The SMILES string of the molecule is COc1cc2c(cc1OCc1cc(COc3cc4c(cc3C)C(=O)N3c5ccccc5C[C@H]3C=N4)cc(N(C)CC(C)(C)SSC)c1)CC[C@@H]1Cc3ccccc3N1C2=O. The molecule has 308 valence electrons. The van der Waals surface area contributed by atoms with E-state index in [-0.39, 0.29) is 28.6 Å². The van der Waals surface area contributed by atoms with E-state index in [0.29, 0.717) is 47.3 Å². The van der Waals surface area contributed by atoms with Gasteiger partial charge in [0.2, 0.25) is 0 Å². The first-order valence-corrected chi connectivity index (χ1v) is 23.1. The highest BCUT2D eigenvalue weighted by molar-refractivity contribution is 8.77. The molecule has 0 bridgehead atoms. The Morgan fingerprint density at radius 2 is 1.45 bits per heavy atom. The van der Waals surface area contributed by atoms with Crippen molar-refractivity contribution in [2.24, 2.45) is 4.99 Å². The molecular weight excluding hydrogens is 789 g/mol. The minimum atomic E-state index is -0.115. The van der Waals surface area contributed by atoms with E-state index in [9.17, 15) is 9.59 Å². The number of nitrogens with zero attached hydrogens (tertiary/aromatic N) is 4. The van der Waals surface area contributed by atoms with Crippen LogP contribution in [0.4, 0.5) is 22.7 Å². The smallest absolute Gasteiger partial charge is 0.261 e. The van der Waals surface area contributed by atoms with Crippen molar-refractivity contribution in [3.63, 3.8) is 0 Å². The summed E-state index contributed by atoms with van der Waals surface area (Å²) in [5, 5.41) is 0. The number of methoxy groups -OCH3 is 1. The zero-order valence-corrected chi connectivity index (χ0v) is 36.6. The van der Waals surface area contributed by atoms with Crippen molar-refractivity contribution in [3.05, 3.63) is 136 Å². The van der Waals surface area contributed by atoms with Gasteiger partial charge in [0.25, 0.3) is 11.8 Å². The number of amides is 2. The Labute approximate surface area is 360 Å². The van der Waals surface area contributed by atoms with E-state index in [4.69, 9.17) is 19.2 Å². The maximum absolute atomic E-state index is 14.1. The summed E-state index contributed by atoms with van der Waals surface area (Å²) in [5.74, 6) is 1.80. The van der Waals surface area contributed by atoms with Crippen molar-refractivity contribution < 1.29 is 23.8 Å². The van der Waals surface area contributed by atoms with E-state index >= 15 is 0 Å². The second-order valence-electron chi connectivity index (χ2n) is 16.8. The molecule has 9 rings (SSSR count). The number of ether oxygens (including phenoxy) is 3. The third-order valence-corrected chi connectivity index (χ3v) is 14.6. The summed E-state index contributed by atoms with van der Waals surface area (Å²) in [6, 6.07) is 30.5. The average molecular weight is 839 g/mol. The van der Waals surface area contributed by atoms with E-state index in [1.165, 1.54) is 5.56 Å². The van der Waals surface area contributed by atoms with Gasteiger partial charge in [-0.2, -0.15) is 0 Å². The third kappa shape index (κ3) is 7.62. The first-order chi connectivity index (χ1) is 29.0. The Hall–Kier alpha value is -5.39. The van der Waals surface area contributed by atoms with E-state index in [1.807, 2.05) is 94.4 Å². The fraction of sp³-hybridized carbons (Fsp3) is 0.327. The fourth-order valence-corrected chi connectivity index (χ4v) is 11.5. The minimum Gasteiger partial charge on any atom is -0.493 e. The molecule has 0 unspecified atom stereocenters. The van der Waals surface area contributed by atoms with E-state index in [2.05, 4.69) is 62.4 Å². The molecule has 4 aliphatic heterocycles. The van der Waals surface area contributed by atoms with Crippen LogP contribution < -0.4 is 28.9 Å². The number of aryl methyl sites for hydroxylation is 2. The fourth-order valence-electron chi connectivity index (χ4n) is 9.27. The Morgan fingerprint density at radius 3 is 2.17 bits per heavy atom. The molecule has 0 aromatic heterocycles. The van der Waals surface area contributed by atoms with Gasteiger partial charge >= 0.3 is 0 Å². The number of carbonyl (C=O) groups excluding carboxylic acids is 2. The Bertz CT molecular complexity index is 2540. The molecule has 0 fully saturated rings. The topological polar surface area (TPSA) is 83.9 Å². The van der Waals surface area contributed by atoms with Crippen LogP contribution in [0.25, 0.3) is 0 Å².